The lowest BCUT2D eigenvalue weighted by Crippen LogP contribution is -2.38. The molecular weight excluding hydrogens is 401 g/mol. The van der Waals surface area contributed by atoms with Crippen molar-refractivity contribution in [2.45, 2.75) is 46.2 Å². The van der Waals surface area contributed by atoms with Gasteiger partial charge in [-0.2, -0.15) is 0 Å². The normalized spacial score (nSPS) is 12.3. The Morgan fingerprint density at radius 2 is 1.66 bits per heavy atom. The van der Waals surface area contributed by atoms with Crippen LogP contribution in [0.15, 0.2) is 66.7 Å². The zero-order valence-corrected chi connectivity index (χ0v) is 18.9. The molecule has 32 heavy (non-hydrogen) atoms. The van der Waals surface area contributed by atoms with Gasteiger partial charge >= 0.3 is 0 Å². The van der Waals surface area contributed by atoms with Gasteiger partial charge in [-0.05, 0) is 74.2 Å². The summed E-state index contributed by atoms with van der Waals surface area (Å²) in [5, 5.41) is 3.08. The van der Waals surface area contributed by atoms with Crippen LogP contribution in [0.5, 0.6) is 0 Å². The minimum absolute atomic E-state index is 0.00743. The Kier molecular flexibility index (Phi) is 6.08. The van der Waals surface area contributed by atoms with Gasteiger partial charge in [-0.3, -0.25) is 4.79 Å². The first kappa shape index (κ1) is 21.8. The topological polar surface area (TPSA) is 46.9 Å². The molecule has 0 saturated heterocycles. The van der Waals surface area contributed by atoms with Gasteiger partial charge in [-0.25, -0.2) is 9.37 Å². The van der Waals surface area contributed by atoms with E-state index in [4.69, 9.17) is 4.98 Å². The molecule has 0 unspecified atom stereocenters. The van der Waals surface area contributed by atoms with Gasteiger partial charge in [-0.15, -0.1) is 0 Å². The summed E-state index contributed by atoms with van der Waals surface area (Å²) in [6, 6.07) is 19.8. The third-order valence-corrected chi connectivity index (χ3v) is 5.71. The molecule has 5 heteroatoms. The highest BCUT2D eigenvalue weighted by Gasteiger charge is 2.28. The first-order valence-corrected chi connectivity index (χ1v) is 10.9. The predicted molar refractivity (Wildman–Crippen MR) is 126 cm³/mol. The first-order chi connectivity index (χ1) is 15.3. The van der Waals surface area contributed by atoms with Crippen LogP contribution in [-0.2, 0) is 11.2 Å². The number of carbonyl (C=O) groups excluding carboxylic acids is 1. The molecule has 0 aliphatic carbocycles. The number of amides is 1. The summed E-state index contributed by atoms with van der Waals surface area (Å²) in [6.07, 6.45) is 0.491. The highest BCUT2D eigenvalue weighted by Crippen LogP contribution is 2.30. The van der Waals surface area contributed by atoms with Crippen molar-refractivity contribution < 1.29 is 9.18 Å². The second kappa shape index (κ2) is 8.95. The fourth-order valence-corrected chi connectivity index (χ4v) is 4.01. The second-order valence-electron chi connectivity index (χ2n) is 8.60. The van der Waals surface area contributed by atoms with Crippen molar-refractivity contribution in [1.29, 1.82) is 0 Å². The van der Waals surface area contributed by atoms with E-state index in [1.807, 2.05) is 48.7 Å². The molecule has 0 aliphatic heterocycles. The number of nitrogens with one attached hydrogen (secondary N) is 1. The molecule has 0 radical (unpaired) electrons. The average Bonchev–Trinajstić information content (AvgIpc) is 3.07. The van der Waals surface area contributed by atoms with Gasteiger partial charge in [-0.1, -0.05) is 42.5 Å². The maximum Gasteiger partial charge on any atom is 0.247 e. The van der Waals surface area contributed by atoms with Crippen molar-refractivity contribution in [1.82, 2.24) is 14.9 Å². The van der Waals surface area contributed by atoms with Gasteiger partial charge in [0, 0.05) is 12.5 Å². The summed E-state index contributed by atoms with van der Waals surface area (Å²) in [5.41, 5.74) is 5.89. The lowest BCUT2D eigenvalue weighted by molar-refractivity contribution is -0.123. The van der Waals surface area contributed by atoms with Gasteiger partial charge in [0.05, 0.1) is 11.0 Å². The number of nitrogens with zero attached hydrogens (tertiary/aromatic N) is 2. The van der Waals surface area contributed by atoms with E-state index in [9.17, 15) is 9.18 Å². The third-order valence-electron chi connectivity index (χ3n) is 5.71. The van der Waals surface area contributed by atoms with E-state index in [-0.39, 0.29) is 17.8 Å². The smallest absolute Gasteiger partial charge is 0.247 e. The zero-order valence-electron chi connectivity index (χ0n) is 18.9. The molecule has 0 spiro atoms. The molecule has 4 aromatic rings. The van der Waals surface area contributed by atoms with E-state index in [1.165, 1.54) is 12.1 Å². The molecule has 0 aliphatic rings. The summed E-state index contributed by atoms with van der Waals surface area (Å²) in [4.78, 5) is 18.4. The second-order valence-corrected chi connectivity index (χ2v) is 8.60. The average molecular weight is 430 g/mol. The Labute approximate surface area is 188 Å². The number of aromatic nitrogens is 2. The highest BCUT2D eigenvalue weighted by atomic mass is 19.1. The number of hydrogen-bond donors (Lipinski definition) is 1. The number of aryl methyl sites for hydroxylation is 2. The van der Waals surface area contributed by atoms with Crippen LogP contribution >= 0.6 is 0 Å². The maximum atomic E-state index is 13.5. The minimum Gasteiger partial charge on any atom is -0.352 e. The quantitative estimate of drug-likeness (QED) is 0.440. The number of halogens is 1. The van der Waals surface area contributed by atoms with Crippen molar-refractivity contribution in [3.05, 3.63) is 101 Å². The molecule has 0 saturated carbocycles. The zero-order chi connectivity index (χ0) is 22.8. The van der Waals surface area contributed by atoms with Crippen LogP contribution in [0.1, 0.15) is 48.0 Å². The number of hydrogen-bond acceptors (Lipinski definition) is 2. The summed E-state index contributed by atoms with van der Waals surface area (Å²) >= 11 is 0. The van der Waals surface area contributed by atoms with E-state index >= 15 is 0 Å². The molecule has 1 heterocycles. The number of benzene rings is 3. The molecule has 0 fully saturated rings. The van der Waals surface area contributed by atoms with Crippen molar-refractivity contribution in [3.63, 3.8) is 0 Å². The Bertz CT molecular complexity index is 1240. The summed E-state index contributed by atoms with van der Waals surface area (Å²) in [6.45, 7) is 8.04. The Morgan fingerprint density at radius 3 is 2.31 bits per heavy atom. The van der Waals surface area contributed by atoms with Crippen LogP contribution in [-0.4, -0.2) is 21.5 Å². The van der Waals surface area contributed by atoms with Crippen molar-refractivity contribution in [2.75, 3.05) is 0 Å². The Morgan fingerprint density at radius 1 is 1.00 bits per heavy atom. The van der Waals surface area contributed by atoms with Crippen LogP contribution < -0.4 is 5.32 Å². The summed E-state index contributed by atoms with van der Waals surface area (Å²) in [5.74, 6) is 0.417. The molecule has 4 nitrogen and oxygen atoms in total. The van der Waals surface area contributed by atoms with E-state index in [2.05, 4.69) is 31.3 Å². The number of rotatable bonds is 6. The van der Waals surface area contributed by atoms with E-state index in [0.29, 0.717) is 6.42 Å². The van der Waals surface area contributed by atoms with E-state index in [0.717, 1.165) is 39.1 Å². The fraction of sp³-hybridized carbons (Fsp3) is 0.259. The van der Waals surface area contributed by atoms with Gasteiger partial charge in [0.2, 0.25) is 5.91 Å². The molecule has 3 aromatic carbocycles. The largest absolute Gasteiger partial charge is 0.352 e. The molecule has 1 amide bonds. The predicted octanol–water partition coefficient (Wildman–Crippen LogP) is 5.50. The van der Waals surface area contributed by atoms with Crippen molar-refractivity contribution in [2.24, 2.45) is 0 Å². The molecule has 4 rings (SSSR count). The SMILES string of the molecule is Cc1cc2nc(Cc3ccc(F)cc3)n([C@H](C(=O)NC(C)C)c3ccccc3)c2cc1C. The first-order valence-electron chi connectivity index (χ1n) is 10.9. The number of imidazole rings is 1. The Balaban J connectivity index is 1.94. The van der Waals surface area contributed by atoms with Gasteiger partial charge < -0.3 is 9.88 Å². The summed E-state index contributed by atoms with van der Waals surface area (Å²) < 4.78 is 15.5. The van der Waals surface area contributed by atoms with E-state index < -0.39 is 6.04 Å². The summed E-state index contributed by atoms with van der Waals surface area (Å²) in [7, 11) is 0. The minimum atomic E-state index is -0.568. The molecule has 1 atom stereocenters. The van der Waals surface area contributed by atoms with Gasteiger partial charge in [0.15, 0.2) is 0 Å². The monoisotopic (exact) mass is 429 g/mol. The van der Waals surface area contributed by atoms with Crippen LogP contribution in [0.4, 0.5) is 4.39 Å². The van der Waals surface area contributed by atoms with Crippen LogP contribution in [0.25, 0.3) is 11.0 Å². The standard InChI is InChI=1S/C27H28FN3O/c1-17(2)29-27(32)26(21-8-6-5-7-9-21)31-24-15-19(4)18(3)14-23(24)30-25(31)16-20-10-12-22(28)13-11-20/h5-15,17,26H,16H2,1-4H3,(H,29,32)/t26-/m0/s1. The highest BCUT2D eigenvalue weighted by molar-refractivity contribution is 5.87. The lowest BCUT2D eigenvalue weighted by atomic mass is 10.0. The van der Waals surface area contributed by atoms with Gasteiger partial charge in [0.25, 0.3) is 0 Å². The van der Waals surface area contributed by atoms with Crippen molar-refractivity contribution in [3.8, 4) is 0 Å². The lowest BCUT2D eigenvalue weighted by Gasteiger charge is -2.23. The number of fused-ring (bicyclic) bond motifs is 1. The third kappa shape index (κ3) is 4.42. The molecule has 0 bridgehead atoms. The Hall–Kier alpha value is -3.47. The van der Waals surface area contributed by atoms with Crippen LogP contribution in [0.2, 0.25) is 0 Å². The molecule has 164 valence electrons. The maximum absolute atomic E-state index is 13.5. The van der Waals surface area contributed by atoms with Crippen LogP contribution in [0, 0.1) is 19.7 Å². The molecular formula is C27H28FN3O. The fourth-order valence-electron chi connectivity index (χ4n) is 4.01. The van der Waals surface area contributed by atoms with E-state index in [1.54, 1.807) is 12.1 Å². The number of carbonyl (C=O) groups is 1. The van der Waals surface area contributed by atoms with Crippen LogP contribution in [0.3, 0.4) is 0 Å². The van der Waals surface area contributed by atoms with Crippen molar-refractivity contribution >= 4 is 16.9 Å². The molecule has 1 aromatic heterocycles. The van der Waals surface area contributed by atoms with Gasteiger partial charge in [0.1, 0.15) is 17.7 Å². The molecule has 1 N–H and O–H groups in total.